The van der Waals surface area contributed by atoms with E-state index in [-0.39, 0.29) is 17.3 Å². The maximum atomic E-state index is 13.5. The topological polar surface area (TPSA) is 98.4 Å². The van der Waals surface area contributed by atoms with Gasteiger partial charge in [-0.1, -0.05) is 17.7 Å². The summed E-state index contributed by atoms with van der Waals surface area (Å²) in [6.45, 7) is 3.10. The van der Waals surface area contributed by atoms with Crippen molar-refractivity contribution in [1.82, 2.24) is 20.3 Å². The monoisotopic (exact) mass is 431 g/mol. The molecule has 0 bridgehead atoms. The van der Waals surface area contributed by atoms with Crippen molar-refractivity contribution in [2.24, 2.45) is 4.99 Å². The summed E-state index contributed by atoms with van der Waals surface area (Å²) in [5.41, 5.74) is 2.91. The Balaban J connectivity index is 1.43. The van der Waals surface area contributed by atoms with Gasteiger partial charge in [0.2, 0.25) is 10.0 Å². The molecule has 0 aliphatic heterocycles. The summed E-state index contributed by atoms with van der Waals surface area (Å²) >= 11 is 0. The number of hydrogen-bond donors (Lipinski definition) is 4. The van der Waals surface area contributed by atoms with Crippen LogP contribution in [0.15, 0.2) is 58.5 Å². The van der Waals surface area contributed by atoms with Gasteiger partial charge >= 0.3 is 0 Å². The maximum Gasteiger partial charge on any atom is 0.240 e. The standard InChI is InChI=1S/C21H26FN5O2S/c1-15-3-6-18(7-4-15)30(28,29)27-12-11-25-21(23-2)24-10-9-16-14-26-20-8-5-17(22)13-19(16)20/h3-8,13-14,26-27H,9-12H2,1-2H3,(H2,23,24,25). The van der Waals surface area contributed by atoms with E-state index < -0.39 is 10.0 Å². The van der Waals surface area contributed by atoms with Crippen LogP contribution in [0.5, 0.6) is 0 Å². The summed E-state index contributed by atoms with van der Waals surface area (Å²) in [5.74, 6) is 0.303. The lowest BCUT2D eigenvalue weighted by molar-refractivity contribution is 0.580. The third-order valence-corrected chi connectivity index (χ3v) is 6.16. The Kier molecular flexibility index (Phi) is 7.07. The molecule has 3 rings (SSSR count). The highest BCUT2D eigenvalue weighted by Gasteiger charge is 2.12. The van der Waals surface area contributed by atoms with Crippen molar-refractivity contribution in [3.8, 4) is 0 Å². The molecule has 9 heteroatoms. The molecule has 1 aromatic heterocycles. The number of guanidine groups is 1. The Morgan fingerprint density at radius 1 is 1.07 bits per heavy atom. The summed E-state index contributed by atoms with van der Waals surface area (Å²) < 4.78 is 40.6. The summed E-state index contributed by atoms with van der Waals surface area (Å²) in [6, 6.07) is 11.4. The second-order valence-electron chi connectivity index (χ2n) is 6.89. The van der Waals surface area contributed by atoms with Crippen LogP contribution in [0.1, 0.15) is 11.1 Å². The molecule has 0 aliphatic carbocycles. The Hall–Kier alpha value is -2.91. The van der Waals surface area contributed by atoms with Gasteiger partial charge in [0.05, 0.1) is 4.90 Å². The lowest BCUT2D eigenvalue weighted by Gasteiger charge is -2.12. The van der Waals surface area contributed by atoms with E-state index in [1.54, 1.807) is 37.4 Å². The van der Waals surface area contributed by atoms with E-state index in [2.05, 4.69) is 25.3 Å². The van der Waals surface area contributed by atoms with Crippen molar-refractivity contribution < 1.29 is 12.8 Å². The Morgan fingerprint density at radius 3 is 2.53 bits per heavy atom. The molecule has 2 aromatic carbocycles. The zero-order valence-corrected chi connectivity index (χ0v) is 17.8. The van der Waals surface area contributed by atoms with Gasteiger partial charge in [-0.25, -0.2) is 17.5 Å². The van der Waals surface area contributed by atoms with E-state index in [0.29, 0.717) is 25.5 Å². The van der Waals surface area contributed by atoms with Crippen molar-refractivity contribution in [2.75, 3.05) is 26.7 Å². The fourth-order valence-corrected chi connectivity index (χ4v) is 4.09. The molecule has 0 aliphatic rings. The molecule has 0 atom stereocenters. The molecular formula is C21H26FN5O2S. The van der Waals surface area contributed by atoms with Gasteiger partial charge in [0.25, 0.3) is 0 Å². The molecule has 0 radical (unpaired) electrons. The molecule has 0 saturated heterocycles. The zero-order chi connectivity index (χ0) is 21.6. The average Bonchev–Trinajstić information content (AvgIpc) is 3.12. The minimum atomic E-state index is -3.54. The predicted octanol–water partition coefficient (Wildman–Crippen LogP) is 2.30. The highest BCUT2D eigenvalue weighted by atomic mass is 32.2. The van der Waals surface area contributed by atoms with E-state index in [4.69, 9.17) is 0 Å². The second kappa shape index (κ2) is 9.73. The first-order chi connectivity index (χ1) is 14.4. The molecular weight excluding hydrogens is 405 g/mol. The number of sulfonamides is 1. The Labute approximate surface area is 175 Å². The van der Waals surface area contributed by atoms with Crippen LogP contribution in [0.2, 0.25) is 0 Å². The van der Waals surface area contributed by atoms with Crippen LogP contribution in [0, 0.1) is 12.7 Å². The van der Waals surface area contributed by atoms with Gasteiger partial charge in [-0.2, -0.15) is 0 Å². The van der Waals surface area contributed by atoms with Crippen molar-refractivity contribution in [2.45, 2.75) is 18.2 Å². The van der Waals surface area contributed by atoms with Gasteiger partial charge < -0.3 is 15.6 Å². The zero-order valence-electron chi connectivity index (χ0n) is 17.0. The summed E-state index contributed by atoms with van der Waals surface area (Å²) in [7, 11) is -1.89. The fraction of sp³-hybridized carbons (Fsp3) is 0.286. The molecule has 160 valence electrons. The van der Waals surface area contributed by atoms with Crippen LogP contribution in [-0.2, 0) is 16.4 Å². The minimum Gasteiger partial charge on any atom is -0.361 e. The van der Waals surface area contributed by atoms with Gasteiger partial charge in [-0.3, -0.25) is 4.99 Å². The van der Waals surface area contributed by atoms with Crippen molar-refractivity contribution in [1.29, 1.82) is 0 Å². The number of aromatic amines is 1. The number of halogens is 1. The van der Waals surface area contributed by atoms with Crippen molar-refractivity contribution >= 4 is 26.9 Å². The lowest BCUT2D eigenvalue weighted by Crippen LogP contribution is -2.42. The molecule has 7 nitrogen and oxygen atoms in total. The molecule has 4 N–H and O–H groups in total. The van der Waals surface area contributed by atoms with Crippen LogP contribution in [0.3, 0.4) is 0 Å². The van der Waals surface area contributed by atoms with E-state index in [1.807, 2.05) is 13.1 Å². The van der Waals surface area contributed by atoms with Gasteiger partial charge in [0.1, 0.15) is 5.82 Å². The van der Waals surface area contributed by atoms with Crippen LogP contribution >= 0.6 is 0 Å². The first-order valence-electron chi connectivity index (χ1n) is 9.65. The first kappa shape index (κ1) is 21.8. The third-order valence-electron chi connectivity index (χ3n) is 4.68. The average molecular weight is 432 g/mol. The Morgan fingerprint density at radius 2 is 1.80 bits per heavy atom. The first-order valence-corrected chi connectivity index (χ1v) is 11.1. The summed E-state index contributed by atoms with van der Waals surface area (Å²) in [5, 5.41) is 7.12. The number of nitrogens with zero attached hydrogens (tertiary/aromatic N) is 1. The quantitative estimate of drug-likeness (QED) is 0.250. The number of H-pyrrole nitrogens is 1. The van der Waals surface area contributed by atoms with E-state index in [0.717, 1.165) is 22.0 Å². The highest BCUT2D eigenvalue weighted by Crippen LogP contribution is 2.19. The molecule has 1 heterocycles. The minimum absolute atomic E-state index is 0.221. The molecule has 0 saturated carbocycles. The van der Waals surface area contributed by atoms with Gasteiger partial charge in [0, 0.05) is 43.8 Å². The number of hydrogen-bond acceptors (Lipinski definition) is 3. The van der Waals surface area contributed by atoms with Crippen LogP contribution in [0.25, 0.3) is 10.9 Å². The molecule has 0 fully saturated rings. The van der Waals surface area contributed by atoms with Gasteiger partial charge in [-0.15, -0.1) is 0 Å². The van der Waals surface area contributed by atoms with Crippen molar-refractivity contribution in [3.05, 3.63) is 65.6 Å². The Bertz CT molecular complexity index is 1120. The molecule has 3 aromatic rings. The number of aliphatic imine (C=N–C) groups is 1. The third kappa shape index (κ3) is 5.58. The number of aryl methyl sites for hydroxylation is 1. The maximum absolute atomic E-state index is 13.5. The molecule has 30 heavy (non-hydrogen) atoms. The lowest BCUT2D eigenvalue weighted by atomic mass is 10.1. The molecule has 0 spiro atoms. The van der Waals surface area contributed by atoms with Crippen LogP contribution in [-0.4, -0.2) is 46.0 Å². The SMILES string of the molecule is CN=C(NCCNS(=O)(=O)c1ccc(C)cc1)NCCc1c[nH]c2ccc(F)cc12. The van der Waals surface area contributed by atoms with Gasteiger partial charge in [0.15, 0.2) is 5.96 Å². The van der Waals surface area contributed by atoms with Crippen LogP contribution in [0.4, 0.5) is 4.39 Å². The fourth-order valence-electron chi connectivity index (χ4n) is 3.06. The van der Waals surface area contributed by atoms with E-state index >= 15 is 0 Å². The highest BCUT2D eigenvalue weighted by molar-refractivity contribution is 7.89. The van der Waals surface area contributed by atoms with E-state index in [9.17, 15) is 12.8 Å². The largest absolute Gasteiger partial charge is 0.361 e. The smallest absolute Gasteiger partial charge is 0.240 e. The number of aromatic nitrogens is 1. The van der Waals surface area contributed by atoms with Gasteiger partial charge in [-0.05, 0) is 49.2 Å². The second-order valence-corrected chi connectivity index (χ2v) is 8.66. The molecule has 0 amide bonds. The summed E-state index contributed by atoms with van der Waals surface area (Å²) in [6.07, 6.45) is 2.56. The predicted molar refractivity (Wildman–Crippen MR) is 118 cm³/mol. The van der Waals surface area contributed by atoms with Crippen molar-refractivity contribution in [3.63, 3.8) is 0 Å². The molecule has 0 unspecified atom stereocenters. The van der Waals surface area contributed by atoms with E-state index in [1.165, 1.54) is 12.1 Å². The number of rotatable bonds is 8. The number of fused-ring (bicyclic) bond motifs is 1. The number of benzene rings is 2. The normalized spacial score (nSPS) is 12.3. The number of nitrogens with one attached hydrogen (secondary N) is 4. The summed E-state index contributed by atoms with van der Waals surface area (Å²) in [4.78, 5) is 7.51. The van der Waals surface area contributed by atoms with Crippen LogP contribution < -0.4 is 15.4 Å².